The van der Waals surface area contributed by atoms with Gasteiger partial charge in [-0.05, 0) is 56.8 Å². The number of hydrogen-bond donors (Lipinski definition) is 2. The summed E-state index contributed by atoms with van der Waals surface area (Å²) in [6, 6.07) is 5.77. The van der Waals surface area contributed by atoms with Gasteiger partial charge in [0, 0.05) is 24.5 Å². The van der Waals surface area contributed by atoms with E-state index < -0.39 is 0 Å². The van der Waals surface area contributed by atoms with Gasteiger partial charge >= 0.3 is 0 Å². The highest BCUT2D eigenvalue weighted by Crippen LogP contribution is 2.31. The van der Waals surface area contributed by atoms with Crippen molar-refractivity contribution in [2.24, 2.45) is 5.73 Å². The molecule has 1 heterocycles. The van der Waals surface area contributed by atoms with Crippen LogP contribution >= 0.6 is 36.4 Å². The molecule has 1 amide bonds. The number of nitrogens with zero attached hydrogens (tertiary/aromatic N) is 1. The molecule has 4 nitrogen and oxygen atoms in total. The molecule has 1 aromatic rings. The number of nitrogens with one attached hydrogen (secondary N) is 1. The number of carbonyl (C=O) groups excluding carboxylic acids is 1. The SMILES string of the molecule is Cl.Cl.NCCCCCCC(=O)Nc1cc(Cl)ccc1N1CCCCC1. The minimum absolute atomic E-state index is 0. The Hall–Kier alpha value is -0.680. The normalized spacial score (nSPS) is 13.6. The van der Waals surface area contributed by atoms with Gasteiger partial charge in [-0.1, -0.05) is 24.4 Å². The minimum atomic E-state index is 0. The van der Waals surface area contributed by atoms with Crippen LogP contribution in [0.3, 0.4) is 0 Å². The van der Waals surface area contributed by atoms with Gasteiger partial charge in [-0.2, -0.15) is 0 Å². The molecule has 0 aliphatic carbocycles. The predicted molar refractivity (Wildman–Crippen MR) is 113 cm³/mol. The first kappa shape index (κ1) is 24.3. The van der Waals surface area contributed by atoms with Gasteiger partial charge in [0.2, 0.25) is 5.91 Å². The van der Waals surface area contributed by atoms with E-state index in [0.29, 0.717) is 11.4 Å². The van der Waals surface area contributed by atoms with Crippen LogP contribution in [0.25, 0.3) is 0 Å². The van der Waals surface area contributed by atoms with E-state index in [1.165, 1.54) is 19.3 Å². The fraction of sp³-hybridized carbons (Fsp3) is 0.611. The number of anilines is 2. The van der Waals surface area contributed by atoms with Crippen molar-refractivity contribution < 1.29 is 4.79 Å². The summed E-state index contributed by atoms with van der Waals surface area (Å²) >= 11 is 6.12. The second-order valence-electron chi connectivity index (χ2n) is 6.21. The second-order valence-corrected chi connectivity index (χ2v) is 6.65. The largest absolute Gasteiger partial charge is 0.370 e. The number of halogens is 3. The lowest BCUT2D eigenvalue weighted by Gasteiger charge is -2.30. The first-order chi connectivity index (χ1) is 11.2. The van der Waals surface area contributed by atoms with Crippen LogP contribution < -0.4 is 16.0 Å². The Kier molecular flexibility index (Phi) is 13.1. The van der Waals surface area contributed by atoms with E-state index in [4.69, 9.17) is 17.3 Å². The molecule has 1 fully saturated rings. The first-order valence-electron chi connectivity index (χ1n) is 8.75. The Labute approximate surface area is 168 Å². The number of hydrogen-bond acceptors (Lipinski definition) is 3. The fourth-order valence-corrected chi connectivity index (χ4v) is 3.19. The quantitative estimate of drug-likeness (QED) is 0.591. The zero-order chi connectivity index (χ0) is 16.5. The van der Waals surface area contributed by atoms with Gasteiger partial charge in [0.1, 0.15) is 0 Å². The Morgan fingerprint density at radius 2 is 1.76 bits per heavy atom. The van der Waals surface area contributed by atoms with Crippen molar-refractivity contribution in [1.29, 1.82) is 0 Å². The Bertz CT molecular complexity index is 508. The van der Waals surface area contributed by atoms with E-state index in [1.807, 2.05) is 18.2 Å². The number of rotatable bonds is 8. The van der Waals surface area contributed by atoms with E-state index >= 15 is 0 Å². The molecule has 1 aliphatic rings. The Morgan fingerprint density at radius 1 is 1.08 bits per heavy atom. The van der Waals surface area contributed by atoms with Crippen LogP contribution in [0.2, 0.25) is 5.02 Å². The average Bonchev–Trinajstić information content (AvgIpc) is 2.55. The molecule has 25 heavy (non-hydrogen) atoms. The molecule has 0 unspecified atom stereocenters. The van der Waals surface area contributed by atoms with Crippen LogP contribution in [0.5, 0.6) is 0 Å². The molecule has 0 radical (unpaired) electrons. The molecule has 3 N–H and O–H groups in total. The Morgan fingerprint density at radius 3 is 2.44 bits per heavy atom. The van der Waals surface area contributed by atoms with Gasteiger partial charge in [-0.15, -0.1) is 24.8 Å². The summed E-state index contributed by atoms with van der Waals surface area (Å²) in [7, 11) is 0. The van der Waals surface area contributed by atoms with E-state index in [0.717, 1.165) is 56.7 Å². The van der Waals surface area contributed by atoms with E-state index in [2.05, 4.69) is 10.2 Å². The van der Waals surface area contributed by atoms with Crippen molar-refractivity contribution in [3.63, 3.8) is 0 Å². The maximum absolute atomic E-state index is 12.2. The monoisotopic (exact) mass is 409 g/mol. The molecular weight excluding hydrogens is 381 g/mol. The summed E-state index contributed by atoms with van der Waals surface area (Å²) < 4.78 is 0. The smallest absolute Gasteiger partial charge is 0.224 e. The molecule has 0 spiro atoms. The van der Waals surface area contributed by atoms with Gasteiger partial charge in [-0.25, -0.2) is 0 Å². The number of amides is 1. The summed E-state index contributed by atoms with van der Waals surface area (Å²) in [5.74, 6) is 0.0678. The third-order valence-corrected chi connectivity index (χ3v) is 4.52. The molecule has 0 bridgehead atoms. The third-order valence-electron chi connectivity index (χ3n) is 4.29. The van der Waals surface area contributed by atoms with Crippen LogP contribution in [-0.2, 0) is 4.79 Å². The first-order valence-corrected chi connectivity index (χ1v) is 9.13. The highest BCUT2D eigenvalue weighted by atomic mass is 35.5. The minimum Gasteiger partial charge on any atom is -0.370 e. The molecule has 7 heteroatoms. The summed E-state index contributed by atoms with van der Waals surface area (Å²) in [5, 5.41) is 3.71. The van der Waals surface area contributed by atoms with Crippen LogP contribution in [0.4, 0.5) is 11.4 Å². The maximum atomic E-state index is 12.2. The zero-order valence-electron chi connectivity index (χ0n) is 14.6. The number of carbonyl (C=O) groups is 1. The highest BCUT2D eigenvalue weighted by molar-refractivity contribution is 6.31. The lowest BCUT2D eigenvalue weighted by molar-refractivity contribution is -0.116. The molecule has 1 aliphatic heterocycles. The van der Waals surface area contributed by atoms with E-state index in [9.17, 15) is 4.79 Å². The van der Waals surface area contributed by atoms with Crippen molar-refractivity contribution in [1.82, 2.24) is 0 Å². The lowest BCUT2D eigenvalue weighted by atomic mass is 10.1. The number of benzene rings is 1. The van der Waals surface area contributed by atoms with Crippen molar-refractivity contribution >= 4 is 53.7 Å². The molecular formula is C18H30Cl3N3O. The van der Waals surface area contributed by atoms with E-state index in [-0.39, 0.29) is 30.7 Å². The average molecular weight is 411 g/mol. The maximum Gasteiger partial charge on any atom is 0.224 e. The summed E-state index contributed by atoms with van der Waals surface area (Å²) in [4.78, 5) is 14.5. The Balaban J connectivity index is 0.00000288. The predicted octanol–water partition coefficient (Wildman–Crippen LogP) is 5.02. The van der Waals surface area contributed by atoms with Crippen molar-refractivity contribution in [3.05, 3.63) is 23.2 Å². The van der Waals surface area contributed by atoms with E-state index in [1.54, 1.807) is 0 Å². The lowest BCUT2D eigenvalue weighted by Crippen LogP contribution is -2.30. The number of nitrogens with two attached hydrogens (primary N) is 1. The molecule has 0 atom stereocenters. The summed E-state index contributed by atoms with van der Waals surface area (Å²) in [6.07, 6.45) is 8.35. The molecule has 0 saturated carbocycles. The van der Waals surface area contributed by atoms with Crippen LogP contribution in [0, 0.1) is 0 Å². The van der Waals surface area contributed by atoms with Gasteiger partial charge in [0.15, 0.2) is 0 Å². The summed E-state index contributed by atoms with van der Waals surface area (Å²) in [6.45, 7) is 2.82. The van der Waals surface area contributed by atoms with Crippen molar-refractivity contribution in [2.45, 2.75) is 51.4 Å². The van der Waals surface area contributed by atoms with Crippen LogP contribution in [-0.4, -0.2) is 25.5 Å². The van der Waals surface area contributed by atoms with Crippen LogP contribution in [0.1, 0.15) is 51.4 Å². The topological polar surface area (TPSA) is 58.4 Å². The number of piperidine rings is 1. The molecule has 2 rings (SSSR count). The molecule has 0 aromatic heterocycles. The zero-order valence-corrected chi connectivity index (χ0v) is 17.0. The second kappa shape index (κ2) is 13.5. The van der Waals surface area contributed by atoms with Gasteiger partial charge in [0.05, 0.1) is 11.4 Å². The molecule has 1 saturated heterocycles. The summed E-state index contributed by atoms with van der Waals surface area (Å²) in [5.41, 5.74) is 7.41. The fourth-order valence-electron chi connectivity index (χ4n) is 3.02. The standard InChI is InChI=1S/C18H28ClN3O.2ClH/c19-15-9-10-17(22-12-6-3-7-13-22)16(14-15)21-18(23)8-4-1-2-5-11-20;;/h9-10,14H,1-8,11-13,20H2,(H,21,23);2*1H. The van der Waals surface area contributed by atoms with Gasteiger partial charge < -0.3 is 16.0 Å². The van der Waals surface area contributed by atoms with Crippen molar-refractivity contribution in [2.75, 3.05) is 29.9 Å². The van der Waals surface area contributed by atoms with Gasteiger partial charge in [-0.3, -0.25) is 4.79 Å². The van der Waals surface area contributed by atoms with Crippen molar-refractivity contribution in [3.8, 4) is 0 Å². The number of unbranched alkanes of at least 4 members (excludes halogenated alkanes) is 3. The van der Waals surface area contributed by atoms with Crippen LogP contribution in [0.15, 0.2) is 18.2 Å². The highest BCUT2D eigenvalue weighted by Gasteiger charge is 2.16. The molecule has 1 aromatic carbocycles. The molecule has 144 valence electrons. The van der Waals surface area contributed by atoms with Gasteiger partial charge in [0.25, 0.3) is 0 Å². The third kappa shape index (κ3) is 8.50.